The minimum Gasteiger partial charge on any atom is -0.369 e. The largest absolute Gasteiger partial charge is 0.369 e. The molecular formula is C25H28N2O4S. The minimum absolute atomic E-state index is 0.132. The average Bonchev–Trinajstić information content (AvgIpc) is 3.20. The highest BCUT2D eigenvalue weighted by Gasteiger charge is 2.27. The van der Waals surface area contributed by atoms with Crippen LogP contribution in [-0.4, -0.2) is 39.8 Å². The summed E-state index contributed by atoms with van der Waals surface area (Å²) in [6, 6.07) is 19.9. The van der Waals surface area contributed by atoms with E-state index >= 15 is 0 Å². The van der Waals surface area contributed by atoms with E-state index in [-0.39, 0.29) is 18.1 Å². The van der Waals surface area contributed by atoms with Gasteiger partial charge in [0.2, 0.25) is 0 Å². The molecule has 2 atom stereocenters. The van der Waals surface area contributed by atoms with Crippen molar-refractivity contribution in [1.29, 1.82) is 0 Å². The van der Waals surface area contributed by atoms with Crippen LogP contribution in [0.1, 0.15) is 40.9 Å². The SMILES string of the molecule is Cc1ccc(N2CC[C@H](OS(C)(=O)=O)C2)cc1C(=O)N[C@H](C)c1cccc2ccccc12. The van der Waals surface area contributed by atoms with Gasteiger partial charge in [-0.1, -0.05) is 48.5 Å². The average molecular weight is 453 g/mol. The number of aryl methyl sites for hydroxylation is 1. The number of hydrogen-bond donors (Lipinski definition) is 1. The number of amides is 1. The first-order valence-corrected chi connectivity index (χ1v) is 12.6. The molecule has 0 spiro atoms. The van der Waals surface area contributed by atoms with Crippen LogP contribution in [0.2, 0.25) is 0 Å². The summed E-state index contributed by atoms with van der Waals surface area (Å²) in [6.45, 7) is 5.06. The number of fused-ring (bicyclic) bond motifs is 1. The van der Waals surface area contributed by atoms with Gasteiger partial charge in [0.05, 0.1) is 18.4 Å². The standard InChI is InChI=1S/C25H28N2O4S/c1-17-11-12-20(27-14-13-21(16-27)31-32(3,29)30)15-24(17)25(28)26-18(2)22-10-6-8-19-7-4-5-9-23(19)22/h4-12,15,18,21H,13-14,16H2,1-3H3,(H,26,28)/t18-,21+/m1/s1. The maximum atomic E-state index is 13.2. The van der Waals surface area contributed by atoms with Crippen molar-refractivity contribution in [3.8, 4) is 0 Å². The van der Waals surface area contributed by atoms with E-state index in [2.05, 4.69) is 28.4 Å². The topological polar surface area (TPSA) is 75.7 Å². The molecule has 1 saturated heterocycles. The zero-order chi connectivity index (χ0) is 22.9. The van der Waals surface area contributed by atoms with Crippen molar-refractivity contribution in [2.24, 2.45) is 0 Å². The van der Waals surface area contributed by atoms with E-state index in [9.17, 15) is 13.2 Å². The maximum absolute atomic E-state index is 13.2. The molecule has 3 aromatic rings. The van der Waals surface area contributed by atoms with E-state index in [4.69, 9.17) is 4.18 Å². The van der Waals surface area contributed by atoms with Gasteiger partial charge in [-0.3, -0.25) is 8.98 Å². The lowest BCUT2D eigenvalue weighted by molar-refractivity contribution is 0.0939. The fraction of sp³-hybridized carbons (Fsp3) is 0.320. The molecule has 7 heteroatoms. The van der Waals surface area contributed by atoms with E-state index in [1.54, 1.807) is 0 Å². The van der Waals surface area contributed by atoms with Gasteiger partial charge in [-0.2, -0.15) is 8.42 Å². The van der Waals surface area contributed by atoms with Gasteiger partial charge in [-0.05, 0) is 54.3 Å². The Bertz CT molecular complexity index is 1250. The third kappa shape index (κ3) is 4.95. The molecule has 168 valence electrons. The Balaban J connectivity index is 1.52. The lowest BCUT2D eigenvalue weighted by atomic mass is 9.99. The van der Waals surface area contributed by atoms with Gasteiger partial charge in [-0.25, -0.2) is 0 Å². The smallest absolute Gasteiger partial charge is 0.264 e. The van der Waals surface area contributed by atoms with Crippen LogP contribution in [0.25, 0.3) is 10.8 Å². The number of carbonyl (C=O) groups excluding carboxylic acids is 1. The van der Waals surface area contributed by atoms with Crippen LogP contribution in [0.15, 0.2) is 60.7 Å². The third-order valence-corrected chi connectivity index (χ3v) is 6.55. The summed E-state index contributed by atoms with van der Waals surface area (Å²) in [5, 5.41) is 5.41. The second-order valence-corrected chi connectivity index (χ2v) is 10.0. The predicted molar refractivity (Wildman–Crippen MR) is 128 cm³/mol. The van der Waals surface area contributed by atoms with Crippen LogP contribution in [0.4, 0.5) is 5.69 Å². The maximum Gasteiger partial charge on any atom is 0.264 e. The van der Waals surface area contributed by atoms with Gasteiger partial charge in [0.1, 0.15) is 0 Å². The van der Waals surface area contributed by atoms with Gasteiger partial charge >= 0.3 is 0 Å². The molecule has 1 N–H and O–H groups in total. The van der Waals surface area contributed by atoms with Gasteiger partial charge in [0.15, 0.2) is 0 Å². The Hall–Kier alpha value is -2.90. The van der Waals surface area contributed by atoms with E-state index in [0.29, 0.717) is 25.1 Å². The Kier molecular flexibility index (Phi) is 6.22. The molecule has 32 heavy (non-hydrogen) atoms. The van der Waals surface area contributed by atoms with Crippen molar-refractivity contribution >= 4 is 32.5 Å². The van der Waals surface area contributed by atoms with Crippen molar-refractivity contribution in [3.05, 3.63) is 77.4 Å². The Labute approximate surface area is 189 Å². The summed E-state index contributed by atoms with van der Waals surface area (Å²) in [4.78, 5) is 15.2. The summed E-state index contributed by atoms with van der Waals surface area (Å²) >= 11 is 0. The first-order valence-electron chi connectivity index (χ1n) is 10.7. The monoisotopic (exact) mass is 452 g/mol. The number of nitrogens with one attached hydrogen (secondary N) is 1. The van der Waals surface area contributed by atoms with Crippen molar-refractivity contribution in [2.45, 2.75) is 32.4 Å². The highest BCUT2D eigenvalue weighted by Crippen LogP contribution is 2.27. The molecule has 0 saturated carbocycles. The fourth-order valence-electron chi connectivity index (χ4n) is 4.32. The van der Waals surface area contributed by atoms with Crippen LogP contribution >= 0.6 is 0 Å². The molecule has 4 rings (SSSR count). The molecule has 0 aromatic heterocycles. The second-order valence-electron chi connectivity index (χ2n) is 8.42. The highest BCUT2D eigenvalue weighted by atomic mass is 32.2. The highest BCUT2D eigenvalue weighted by molar-refractivity contribution is 7.86. The normalized spacial score (nSPS) is 17.5. The van der Waals surface area contributed by atoms with E-state index < -0.39 is 10.1 Å². The Morgan fingerprint density at radius 3 is 2.66 bits per heavy atom. The number of nitrogens with zero attached hydrogens (tertiary/aromatic N) is 1. The van der Waals surface area contributed by atoms with Crippen molar-refractivity contribution in [1.82, 2.24) is 5.32 Å². The summed E-state index contributed by atoms with van der Waals surface area (Å²) in [6.07, 6.45) is 1.33. The predicted octanol–water partition coefficient (Wildman–Crippen LogP) is 4.19. The van der Waals surface area contributed by atoms with E-state index in [1.807, 2.05) is 56.3 Å². The van der Waals surface area contributed by atoms with E-state index in [0.717, 1.165) is 33.8 Å². The molecular weight excluding hydrogens is 424 g/mol. The van der Waals surface area contributed by atoms with E-state index in [1.165, 1.54) is 0 Å². The number of benzene rings is 3. The summed E-state index contributed by atoms with van der Waals surface area (Å²) in [7, 11) is -3.49. The third-order valence-electron chi connectivity index (χ3n) is 5.92. The Morgan fingerprint density at radius 2 is 1.88 bits per heavy atom. The van der Waals surface area contributed by atoms with Crippen molar-refractivity contribution in [2.75, 3.05) is 24.2 Å². The summed E-state index contributed by atoms with van der Waals surface area (Å²) in [5.74, 6) is -0.132. The van der Waals surface area contributed by atoms with Gasteiger partial charge < -0.3 is 10.2 Å². The number of anilines is 1. The van der Waals surface area contributed by atoms with Gasteiger partial charge in [0, 0.05) is 24.3 Å². The van der Waals surface area contributed by atoms with Crippen LogP contribution in [-0.2, 0) is 14.3 Å². The Morgan fingerprint density at radius 1 is 1.12 bits per heavy atom. The van der Waals surface area contributed by atoms with Crippen LogP contribution in [0.3, 0.4) is 0 Å². The quantitative estimate of drug-likeness (QED) is 0.568. The zero-order valence-corrected chi connectivity index (χ0v) is 19.4. The molecule has 0 aliphatic carbocycles. The molecule has 1 heterocycles. The molecule has 1 amide bonds. The van der Waals surface area contributed by atoms with Crippen molar-refractivity contribution < 1.29 is 17.4 Å². The molecule has 1 aliphatic rings. The molecule has 6 nitrogen and oxygen atoms in total. The molecule has 1 fully saturated rings. The number of rotatable bonds is 6. The molecule has 0 unspecified atom stereocenters. The second kappa shape index (κ2) is 8.92. The lowest BCUT2D eigenvalue weighted by Crippen LogP contribution is -2.28. The van der Waals surface area contributed by atoms with Crippen LogP contribution < -0.4 is 10.2 Å². The summed E-state index contributed by atoms with van der Waals surface area (Å²) < 4.78 is 28.0. The number of carbonyl (C=O) groups is 1. The van der Waals surface area contributed by atoms with Gasteiger partial charge in [0.25, 0.3) is 16.0 Å². The molecule has 0 bridgehead atoms. The van der Waals surface area contributed by atoms with Gasteiger partial charge in [-0.15, -0.1) is 0 Å². The summed E-state index contributed by atoms with van der Waals surface area (Å²) in [5.41, 5.74) is 3.46. The first-order chi connectivity index (χ1) is 15.2. The van der Waals surface area contributed by atoms with Crippen molar-refractivity contribution in [3.63, 3.8) is 0 Å². The minimum atomic E-state index is -3.49. The van der Waals surface area contributed by atoms with Crippen LogP contribution in [0, 0.1) is 6.92 Å². The van der Waals surface area contributed by atoms with Crippen LogP contribution in [0.5, 0.6) is 0 Å². The molecule has 3 aromatic carbocycles. The zero-order valence-electron chi connectivity index (χ0n) is 18.5. The first kappa shape index (κ1) is 22.3. The number of hydrogen-bond acceptors (Lipinski definition) is 5. The fourth-order valence-corrected chi connectivity index (χ4v) is 4.97. The molecule has 1 aliphatic heterocycles. The lowest BCUT2D eigenvalue weighted by Gasteiger charge is -2.21. The molecule has 0 radical (unpaired) electrons.